The monoisotopic (exact) mass is 662 g/mol. The van der Waals surface area contributed by atoms with Crippen LogP contribution in [-0.2, 0) is 30.5 Å². The van der Waals surface area contributed by atoms with E-state index in [1.54, 1.807) is 67.0 Å². The first-order valence-corrected chi connectivity index (χ1v) is 15.5. The number of methoxy groups -OCH3 is 1. The van der Waals surface area contributed by atoms with Crippen molar-refractivity contribution in [3.63, 3.8) is 0 Å². The van der Waals surface area contributed by atoms with Crippen molar-refractivity contribution in [2.45, 2.75) is 52.0 Å². The van der Waals surface area contributed by atoms with E-state index in [9.17, 15) is 18.0 Å². The molecule has 0 saturated heterocycles. The molecule has 246 valence electrons. The molecule has 0 fully saturated rings. The van der Waals surface area contributed by atoms with Gasteiger partial charge in [0.2, 0.25) is 5.91 Å². The first kappa shape index (κ1) is 35.0. The highest BCUT2D eigenvalue weighted by Crippen LogP contribution is 2.30. The second-order valence-corrected chi connectivity index (χ2v) is 11.7. The molecule has 0 spiro atoms. The van der Waals surface area contributed by atoms with E-state index in [1.165, 1.54) is 6.07 Å². The summed E-state index contributed by atoms with van der Waals surface area (Å²) in [5, 5.41) is 15.7. The molecule has 12 heteroatoms. The fourth-order valence-corrected chi connectivity index (χ4v) is 5.25. The number of nitrogens with zero attached hydrogens (tertiary/aromatic N) is 4. The Balaban J connectivity index is 1.52. The number of thiocarbonyl (C=S) groups is 1. The predicted octanol–water partition coefficient (Wildman–Crippen LogP) is 6.80. The van der Waals surface area contributed by atoms with Crippen LogP contribution < -0.4 is 15.4 Å². The van der Waals surface area contributed by atoms with Crippen molar-refractivity contribution in [3.05, 3.63) is 113 Å². The molecule has 47 heavy (non-hydrogen) atoms. The Kier molecular flexibility index (Phi) is 12.0. The summed E-state index contributed by atoms with van der Waals surface area (Å²) >= 11 is 5.79. The van der Waals surface area contributed by atoms with Crippen molar-refractivity contribution in [2.24, 2.45) is 5.92 Å². The van der Waals surface area contributed by atoms with E-state index < -0.39 is 11.7 Å². The Morgan fingerprint density at radius 1 is 1.11 bits per heavy atom. The van der Waals surface area contributed by atoms with E-state index in [0.29, 0.717) is 39.9 Å². The van der Waals surface area contributed by atoms with Gasteiger partial charge in [0, 0.05) is 43.3 Å². The number of carbonyl (C=O) groups excluding carboxylic acids is 1. The number of ether oxygens (including phenoxy) is 1. The summed E-state index contributed by atoms with van der Waals surface area (Å²) < 4.78 is 47.7. The highest BCUT2D eigenvalue weighted by molar-refractivity contribution is 7.80. The number of imidazole rings is 1. The van der Waals surface area contributed by atoms with Gasteiger partial charge >= 0.3 is 6.18 Å². The Bertz CT molecular complexity index is 1680. The third-order valence-corrected chi connectivity index (χ3v) is 8.29. The summed E-state index contributed by atoms with van der Waals surface area (Å²) in [6, 6.07) is 21.3. The van der Waals surface area contributed by atoms with Crippen LogP contribution in [0.4, 0.5) is 18.9 Å². The zero-order chi connectivity index (χ0) is 34.0. The number of rotatable bonds is 13. The van der Waals surface area contributed by atoms with Gasteiger partial charge in [-0.3, -0.25) is 4.79 Å². The van der Waals surface area contributed by atoms with E-state index in [1.807, 2.05) is 30.5 Å². The minimum absolute atomic E-state index is 0.0234. The van der Waals surface area contributed by atoms with Crippen LogP contribution in [0.25, 0.3) is 0 Å². The standard InChI is InChI=1S/C35H37F3N6O2S/c1-4-24(2)32(42-33(45)17-30-19-40-23-44(30)20-26-10-8-25(18-39)9-11-26)22-43(21-27-6-5-7-28(16-27)35(36,37)38)34(47)41-29-12-14-31(46-3)15-13-29/h5-16,19,23-24,32H,4,17,20-22H2,1-3H3,(H,41,47)(H,42,45)/t24-,32+/m0/s1. The lowest BCUT2D eigenvalue weighted by atomic mass is 9.98. The lowest BCUT2D eigenvalue weighted by molar-refractivity contribution is -0.137. The minimum Gasteiger partial charge on any atom is -0.497 e. The van der Waals surface area contributed by atoms with E-state index in [4.69, 9.17) is 22.2 Å². The van der Waals surface area contributed by atoms with Gasteiger partial charge in [0.15, 0.2) is 5.11 Å². The largest absolute Gasteiger partial charge is 0.497 e. The number of nitrogens with one attached hydrogen (secondary N) is 2. The topological polar surface area (TPSA) is 95.2 Å². The maximum atomic E-state index is 13.5. The lowest BCUT2D eigenvalue weighted by Gasteiger charge is -2.33. The normalized spacial score (nSPS) is 12.4. The van der Waals surface area contributed by atoms with Gasteiger partial charge in [-0.1, -0.05) is 44.5 Å². The van der Waals surface area contributed by atoms with Gasteiger partial charge in [0.25, 0.3) is 0 Å². The van der Waals surface area contributed by atoms with Crippen LogP contribution in [0.3, 0.4) is 0 Å². The number of carbonyl (C=O) groups is 1. The molecule has 1 amide bonds. The van der Waals surface area contributed by atoms with Crippen LogP contribution >= 0.6 is 12.2 Å². The quantitative estimate of drug-likeness (QED) is 0.152. The molecule has 0 unspecified atom stereocenters. The number of aromatic nitrogens is 2. The zero-order valence-corrected chi connectivity index (χ0v) is 27.2. The number of benzene rings is 3. The number of hydrogen-bond donors (Lipinski definition) is 2. The van der Waals surface area contributed by atoms with Gasteiger partial charge in [0.1, 0.15) is 5.75 Å². The number of halogens is 3. The fraction of sp³-hybridized carbons (Fsp3) is 0.314. The highest BCUT2D eigenvalue weighted by Gasteiger charge is 2.31. The van der Waals surface area contributed by atoms with Crippen molar-refractivity contribution in [2.75, 3.05) is 19.0 Å². The van der Waals surface area contributed by atoms with Gasteiger partial charge in [0.05, 0.1) is 37.1 Å². The highest BCUT2D eigenvalue weighted by atomic mass is 32.1. The molecule has 1 aromatic heterocycles. The fourth-order valence-electron chi connectivity index (χ4n) is 4.99. The lowest BCUT2D eigenvalue weighted by Crippen LogP contribution is -2.50. The SMILES string of the molecule is CC[C@H](C)[C@@H](CN(Cc1cccc(C(F)(F)F)c1)C(=S)Nc1ccc(OC)cc1)NC(=O)Cc1cncn1Cc1ccc(C#N)cc1. The molecule has 2 atom stereocenters. The number of hydrogen-bond acceptors (Lipinski definition) is 5. The first-order chi connectivity index (χ1) is 22.5. The van der Waals surface area contributed by atoms with Crippen LogP contribution in [0.1, 0.15) is 48.2 Å². The molecule has 0 saturated carbocycles. The molecule has 8 nitrogen and oxygen atoms in total. The van der Waals surface area contributed by atoms with Crippen LogP contribution in [0, 0.1) is 17.2 Å². The molecule has 4 rings (SSSR count). The third kappa shape index (κ3) is 10.0. The van der Waals surface area contributed by atoms with Gasteiger partial charge in [-0.15, -0.1) is 0 Å². The van der Waals surface area contributed by atoms with Crippen LogP contribution in [0.5, 0.6) is 5.75 Å². The van der Waals surface area contributed by atoms with E-state index >= 15 is 0 Å². The Hall–Kier alpha value is -4.89. The van der Waals surface area contributed by atoms with E-state index in [0.717, 1.165) is 24.1 Å². The summed E-state index contributed by atoms with van der Waals surface area (Å²) in [6.45, 7) is 4.86. The van der Waals surface area contributed by atoms with E-state index in [-0.39, 0.29) is 37.4 Å². The van der Waals surface area contributed by atoms with Gasteiger partial charge < -0.3 is 24.8 Å². The minimum atomic E-state index is -4.48. The van der Waals surface area contributed by atoms with Crippen molar-refractivity contribution in [3.8, 4) is 11.8 Å². The number of alkyl halides is 3. The summed E-state index contributed by atoms with van der Waals surface area (Å²) in [4.78, 5) is 19.5. The molecule has 0 bridgehead atoms. The summed E-state index contributed by atoms with van der Waals surface area (Å²) in [5.41, 5.74) is 2.62. The summed E-state index contributed by atoms with van der Waals surface area (Å²) in [7, 11) is 1.57. The smallest absolute Gasteiger partial charge is 0.416 e. The first-order valence-electron chi connectivity index (χ1n) is 15.1. The van der Waals surface area contributed by atoms with Crippen LogP contribution in [0.15, 0.2) is 85.3 Å². The molecule has 3 aromatic carbocycles. The second-order valence-electron chi connectivity index (χ2n) is 11.3. The van der Waals surface area contributed by atoms with E-state index in [2.05, 4.69) is 21.7 Å². The van der Waals surface area contributed by atoms with Gasteiger partial charge in [-0.05, 0) is 77.8 Å². The average molecular weight is 663 g/mol. The Labute approximate surface area is 278 Å². The molecular formula is C35H37F3N6O2S. The van der Waals surface area contributed by atoms with Gasteiger partial charge in [-0.25, -0.2) is 4.98 Å². The average Bonchev–Trinajstić information content (AvgIpc) is 3.49. The summed E-state index contributed by atoms with van der Waals surface area (Å²) in [6.07, 6.45) is -0.353. The summed E-state index contributed by atoms with van der Waals surface area (Å²) in [5.74, 6) is 0.473. The zero-order valence-electron chi connectivity index (χ0n) is 26.4. The number of amides is 1. The molecular weight excluding hydrogens is 625 g/mol. The molecule has 0 aliphatic heterocycles. The Morgan fingerprint density at radius 3 is 2.47 bits per heavy atom. The second kappa shape index (κ2) is 16.1. The maximum absolute atomic E-state index is 13.5. The van der Waals surface area contributed by atoms with Crippen LogP contribution in [0.2, 0.25) is 0 Å². The molecule has 2 N–H and O–H groups in total. The molecule has 0 radical (unpaired) electrons. The van der Waals surface area contributed by atoms with Crippen molar-refractivity contribution in [1.29, 1.82) is 5.26 Å². The Morgan fingerprint density at radius 2 is 1.83 bits per heavy atom. The molecule has 1 heterocycles. The number of anilines is 1. The molecule has 0 aliphatic rings. The van der Waals surface area contributed by atoms with Gasteiger partial charge in [-0.2, -0.15) is 18.4 Å². The van der Waals surface area contributed by atoms with Crippen LogP contribution in [-0.4, -0.2) is 45.2 Å². The maximum Gasteiger partial charge on any atom is 0.416 e. The number of nitriles is 1. The third-order valence-electron chi connectivity index (χ3n) is 7.93. The molecule has 4 aromatic rings. The van der Waals surface area contributed by atoms with Crippen molar-refractivity contribution in [1.82, 2.24) is 19.8 Å². The van der Waals surface area contributed by atoms with Crippen molar-refractivity contribution < 1.29 is 22.7 Å². The molecule has 0 aliphatic carbocycles. The predicted molar refractivity (Wildman–Crippen MR) is 179 cm³/mol. The van der Waals surface area contributed by atoms with Crippen molar-refractivity contribution >= 4 is 28.9 Å².